The van der Waals surface area contributed by atoms with Gasteiger partial charge in [-0.05, 0) is 31.0 Å². The van der Waals surface area contributed by atoms with Crippen molar-refractivity contribution in [3.63, 3.8) is 0 Å². The van der Waals surface area contributed by atoms with Crippen molar-refractivity contribution in [2.75, 3.05) is 7.11 Å². The number of rotatable bonds is 5. The van der Waals surface area contributed by atoms with Crippen LogP contribution in [-0.4, -0.2) is 18.7 Å². The quantitative estimate of drug-likeness (QED) is 0.598. The first-order valence-corrected chi connectivity index (χ1v) is 5.89. The van der Waals surface area contributed by atoms with Crippen molar-refractivity contribution in [2.45, 2.75) is 19.3 Å². The van der Waals surface area contributed by atoms with Gasteiger partial charge in [-0.3, -0.25) is 9.59 Å². The minimum absolute atomic E-state index is 0.0205. The van der Waals surface area contributed by atoms with Crippen LogP contribution in [0, 0.1) is 5.92 Å². The molecule has 0 radical (unpaired) electrons. The van der Waals surface area contributed by atoms with Crippen LogP contribution in [0.3, 0.4) is 0 Å². The molecule has 0 saturated heterocycles. The minimum atomic E-state index is -0.175. The number of methoxy groups -OCH3 is 1. The van der Waals surface area contributed by atoms with Crippen LogP contribution in [0.15, 0.2) is 18.2 Å². The number of hydrogen-bond acceptors (Lipinski definition) is 3. The topological polar surface area (TPSA) is 43.4 Å². The van der Waals surface area contributed by atoms with E-state index in [0.717, 1.165) is 12.8 Å². The van der Waals surface area contributed by atoms with Gasteiger partial charge in [0.15, 0.2) is 5.78 Å². The molecule has 0 aliphatic heterocycles. The smallest absolute Gasteiger partial charge is 0.170 e. The maximum atomic E-state index is 11.8. The highest BCUT2D eigenvalue weighted by atomic mass is 35.5. The van der Waals surface area contributed by atoms with E-state index in [0.29, 0.717) is 16.3 Å². The molecule has 1 aromatic rings. The molecule has 1 aromatic carbocycles. The summed E-state index contributed by atoms with van der Waals surface area (Å²) in [5.74, 6) is 0.512. The lowest BCUT2D eigenvalue weighted by Gasteiger charge is -2.05. The van der Waals surface area contributed by atoms with Crippen molar-refractivity contribution in [2.24, 2.45) is 5.92 Å². The van der Waals surface area contributed by atoms with Gasteiger partial charge in [0.2, 0.25) is 0 Å². The van der Waals surface area contributed by atoms with Crippen LogP contribution in [0.1, 0.15) is 29.6 Å². The van der Waals surface area contributed by atoms with Gasteiger partial charge in [-0.15, -0.1) is 0 Å². The van der Waals surface area contributed by atoms with Crippen LogP contribution in [0.2, 0.25) is 5.02 Å². The number of benzene rings is 1. The number of hydrogen-bond donors (Lipinski definition) is 0. The first kappa shape index (κ1) is 12.1. The van der Waals surface area contributed by atoms with Gasteiger partial charge in [0.25, 0.3) is 0 Å². The third-order valence-corrected chi connectivity index (χ3v) is 3.14. The van der Waals surface area contributed by atoms with Crippen LogP contribution in [0.25, 0.3) is 0 Å². The molecule has 2 rings (SSSR count). The molecule has 0 amide bonds. The molecule has 1 fully saturated rings. The highest BCUT2D eigenvalue weighted by Crippen LogP contribution is 2.31. The monoisotopic (exact) mass is 252 g/mol. The summed E-state index contributed by atoms with van der Waals surface area (Å²) >= 11 is 5.92. The standard InChI is InChI=1S/C13H13ClO3/c1-17-13-5-4-9(6-10(13)14)12(16)7-11(15)8-2-3-8/h4-6,8H,2-3,7H2,1H3. The third kappa shape index (κ3) is 2.86. The average molecular weight is 253 g/mol. The maximum Gasteiger partial charge on any atom is 0.170 e. The largest absolute Gasteiger partial charge is 0.495 e. The number of Topliss-reactive ketones (excluding diaryl/α,β-unsaturated/α-hetero) is 2. The van der Waals surface area contributed by atoms with E-state index in [9.17, 15) is 9.59 Å². The Hall–Kier alpha value is -1.35. The Kier molecular flexibility index (Phi) is 3.48. The molecule has 1 aliphatic rings. The molecule has 0 unspecified atom stereocenters. The summed E-state index contributed by atoms with van der Waals surface area (Å²) in [6.07, 6.45) is 1.83. The Bertz CT molecular complexity index is 464. The summed E-state index contributed by atoms with van der Waals surface area (Å²) in [5.41, 5.74) is 0.463. The predicted molar refractivity (Wildman–Crippen MR) is 64.7 cm³/mol. The van der Waals surface area contributed by atoms with Gasteiger partial charge in [-0.1, -0.05) is 11.6 Å². The lowest BCUT2D eigenvalue weighted by molar-refractivity contribution is -0.119. The summed E-state index contributed by atoms with van der Waals surface area (Å²) in [4.78, 5) is 23.3. The van der Waals surface area contributed by atoms with E-state index >= 15 is 0 Å². The summed E-state index contributed by atoms with van der Waals surface area (Å²) in [6, 6.07) is 4.81. The Morgan fingerprint density at radius 2 is 2.12 bits per heavy atom. The van der Waals surface area contributed by atoms with Gasteiger partial charge < -0.3 is 4.74 Å². The lowest BCUT2D eigenvalue weighted by Crippen LogP contribution is -2.09. The van der Waals surface area contributed by atoms with E-state index in [1.165, 1.54) is 7.11 Å². The summed E-state index contributed by atoms with van der Waals surface area (Å²) < 4.78 is 5.00. The Morgan fingerprint density at radius 3 is 2.65 bits per heavy atom. The molecule has 17 heavy (non-hydrogen) atoms. The van der Waals surface area contributed by atoms with Crippen molar-refractivity contribution >= 4 is 23.2 Å². The maximum absolute atomic E-state index is 11.8. The summed E-state index contributed by atoms with van der Waals surface area (Å²) in [5, 5.41) is 0.386. The molecular weight excluding hydrogens is 240 g/mol. The fourth-order valence-electron chi connectivity index (χ4n) is 1.65. The third-order valence-electron chi connectivity index (χ3n) is 2.84. The second-order valence-electron chi connectivity index (χ2n) is 4.19. The fraction of sp³-hybridized carbons (Fsp3) is 0.385. The number of halogens is 1. The SMILES string of the molecule is COc1ccc(C(=O)CC(=O)C2CC2)cc1Cl. The van der Waals surface area contributed by atoms with Crippen molar-refractivity contribution in [1.82, 2.24) is 0 Å². The predicted octanol–water partition coefficient (Wildman–Crippen LogP) is 2.90. The lowest BCUT2D eigenvalue weighted by atomic mass is 10.0. The van der Waals surface area contributed by atoms with E-state index in [2.05, 4.69) is 0 Å². The Morgan fingerprint density at radius 1 is 1.41 bits per heavy atom. The number of ketones is 2. The molecular formula is C13H13ClO3. The van der Waals surface area contributed by atoms with E-state index in [4.69, 9.17) is 16.3 Å². The summed E-state index contributed by atoms with van der Waals surface area (Å²) in [7, 11) is 1.51. The summed E-state index contributed by atoms with van der Waals surface area (Å²) in [6.45, 7) is 0. The van der Waals surface area contributed by atoms with Crippen molar-refractivity contribution in [3.8, 4) is 5.75 Å². The first-order valence-electron chi connectivity index (χ1n) is 5.51. The molecule has 0 aromatic heterocycles. The van der Waals surface area contributed by atoms with E-state index < -0.39 is 0 Å². The van der Waals surface area contributed by atoms with Gasteiger partial charge in [0.1, 0.15) is 11.5 Å². The normalized spacial score (nSPS) is 14.5. The zero-order chi connectivity index (χ0) is 12.4. The number of carbonyl (C=O) groups is 2. The van der Waals surface area contributed by atoms with Gasteiger partial charge in [-0.25, -0.2) is 0 Å². The van der Waals surface area contributed by atoms with Gasteiger partial charge >= 0.3 is 0 Å². The Balaban J connectivity index is 2.08. The zero-order valence-electron chi connectivity index (χ0n) is 9.53. The minimum Gasteiger partial charge on any atom is -0.495 e. The molecule has 0 N–H and O–H groups in total. The van der Waals surface area contributed by atoms with Crippen LogP contribution in [-0.2, 0) is 4.79 Å². The first-order chi connectivity index (χ1) is 8.11. The van der Waals surface area contributed by atoms with Crippen LogP contribution < -0.4 is 4.74 Å². The van der Waals surface area contributed by atoms with Gasteiger partial charge in [-0.2, -0.15) is 0 Å². The number of ether oxygens (including phenoxy) is 1. The van der Waals surface area contributed by atoms with E-state index in [-0.39, 0.29) is 23.9 Å². The second-order valence-corrected chi connectivity index (χ2v) is 4.60. The molecule has 0 atom stereocenters. The Labute approximate surface area is 105 Å². The van der Waals surface area contributed by atoms with Crippen LogP contribution in [0.5, 0.6) is 5.75 Å². The average Bonchev–Trinajstić information content (AvgIpc) is 3.12. The molecule has 4 heteroatoms. The van der Waals surface area contributed by atoms with Gasteiger partial charge in [0.05, 0.1) is 18.6 Å². The van der Waals surface area contributed by atoms with Crippen molar-refractivity contribution in [3.05, 3.63) is 28.8 Å². The molecule has 0 spiro atoms. The number of carbonyl (C=O) groups excluding carboxylic acids is 2. The molecule has 1 saturated carbocycles. The fourth-order valence-corrected chi connectivity index (χ4v) is 1.91. The highest BCUT2D eigenvalue weighted by Gasteiger charge is 2.30. The molecule has 1 aliphatic carbocycles. The molecule has 90 valence electrons. The van der Waals surface area contributed by atoms with Crippen molar-refractivity contribution < 1.29 is 14.3 Å². The highest BCUT2D eigenvalue weighted by molar-refractivity contribution is 6.32. The second kappa shape index (κ2) is 4.88. The van der Waals surface area contributed by atoms with Crippen LogP contribution >= 0.6 is 11.6 Å². The van der Waals surface area contributed by atoms with E-state index in [1.807, 2.05) is 0 Å². The molecule has 0 heterocycles. The van der Waals surface area contributed by atoms with E-state index in [1.54, 1.807) is 18.2 Å². The van der Waals surface area contributed by atoms with Crippen molar-refractivity contribution in [1.29, 1.82) is 0 Å². The van der Waals surface area contributed by atoms with Gasteiger partial charge in [0, 0.05) is 11.5 Å². The molecule has 0 bridgehead atoms. The zero-order valence-corrected chi connectivity index (χ0v) is 10.3. The van der Waals surface area contributed by atoms with Crippen LogP contribution in [0.4, 0.5) is 0 Å². The molecule has 3 nitrogen and oxygen atoms in total.